The van der Waals surface area contributed by atoms with E-state index in [1.165, 1.54) is 12.4 Å². The van der Waals surface area contributed by atoms with Crippen molar-refractivity contribution >= 4 is 37.8 Å². The Bertz CT molecular complexity index is 1180. The predicted molar refractivity (Wildman–Crippen MR) is 90.1 cm³/mol. The van der Waals surface area contributed by atoms with Crippen molar-refractivity contribution in [2.75, 3.05) is 4.72 Å². The summed E-state index contributed by atoms with van der Waals surface area (Å²) in [6, 6.07) is 5.14. The van der Waals surface area contributed by atoms with E-state index in [1.54, 1.807) is 36.1 Å². The summed E-state index contributed by atoms with van der Waals surface area (Å²) in [4.78, 5) is 11.4. The van der Waals surface area contributed by atoms with E-state index < -0.39 is 10.0 Å². The van der Waals surface area contributed by atoms with E-state index in [0.717, 1.165) is 11.1 Å². The van der Waals surface area contributed by atoms with E-state index in [4.69, 9.17) is 0 Å². The average Bonchev–Trinajstić information content (AvgIpc) is 3.09. The zero-order valence-electron chi connectivity index (χ0n) is 13.0. The summed E-state index contributed by atoms with van der Waals surface area (Å²) in [5.41, 5.74) is 2.40. The number of aromatic amines is 1. The van der Waals surface area contributed by atoms with E-state index >= 15 is 0 Å². The highest BCUT2D eigenvalue weighted by atomic mass is 32.2. The van der Waals surface area contributed by atoms with Gasteiger partial charge in [0.25, 0.3) is 10.0 Å². The van der Waals surface area contributed by atoms with Gasteiger partial charge in [0, 0.05) is 30.2 Å². The molecule has 0 unspecified atom stereocenters. The summed E-state index contributed by atoms with van der Waals surface area (Å²) in [5.74, 6) is 0. The molecule has 0 aliphatic heterocycles. The number of nitrogens with one attached hydrogen (secondary N) is 2. The fourth-order valence-corrected chi connectivity index (χ4v) is 3.93. The van der Waals surface area contributed by atoms with Gasteiger partial charge in [-0.05, 0) is 25.1 Å². The lowest BCUT2D eigenvalue weighted by Crippen LogP contribution is -2.12. The number of rotatable bonds is 3. The van der Waals surface area contributed by atoms with E-state index in [0.29, 0.717) is 22.4 Å². The van der Waals surface area contributed by atoms with Crippen molar-refractivity contribution in [3.8, 4) is 0 Å². The number of pyridine rings is 2. The first-order chi connectivity index (χ1) is 11.5. The molecule has 4 aromatic rings. The second kappa shape index (κ2) is 5.03. The van der Waals surface area contributed by atoms with Gasteiger partial charge in [0.1, 0.15) is 10.5 Å². The van der Waals surface area contributed by atoms with Crippen molar-refractivity contribution in [3.63, 3.8) is 0 Å². The zero-order valence-corrected chi connectivity index (χ0v) is 13.8. The van der Waals surface area contributed by atoms with Gasteiger partial charge in [0.15, 0.2) is 5.65 Å². The molecule has 0 saturated heterocycles. The molecule has 0 aliphatic carbocycles. The Kier molecular flexibility index (Phi) is 3.07. The lowest BCUT2D eigenvalue weighted by Gasteiger charge is -2.07. The van der Waals surface area contributed by atoms with Gasteiger partial charge in [0.2, 0.25) is 0 Å². The summed E-state index contributed by atoms with van der Waals surface area (Å²) >= 11 is 0. The molecule has 0 aromatic carbocycles. The highest BCUT2D eigenvalue weighted by molar-refractivity contribution is 7.93. The maximum Gasteiger partial charge on any atom is 0.264 e. The largest absolute Gasteiger partial charge is 0.345 e. The summed E-state index contributed by atoms with van der Waals surface area (Å²) in [5, 5.41) is 5.62. The Hall–Kier alpha value is -2.94. The van der Waals surface area contributed by atoms with Crippen LogP contribution in [0.25, 0.3) is 22.1 Å². The van der Waals surface area contributed by atoms with Crippen LogP contribution >= 0.6 is 0 Å². The quantitative estimate of drug-likeness (QED) is 0.592. The van der Waals surface area contributed by atoms with Crippen molar-refractivity contribution < 1.29 is 8.42 Å². The van der Waals surface area contributed by atoms with Crippen molar-refractivity contribution in [1.82, 2.24) is 24.7 Å². The van der Waals surface area contributed by atoms with Crippen LogP contribution in [0.4, 0.5) is 5.69 Å². The van der Waals surface area contributed by atoms with E-state index in [1.807, 2.05) is 6.92 Å². The number of hydrogen-bond donors (Lipinski definition) is 2. The predicted octanol–water partition coefficient (Wildman–Crippen LogP) is 1.95. The van der Waals surface area contributed by atoms with Crippen molar-refractivity contribution in [2.24, 2.45) is 7.05 Å². The molecular formula is C15H14N6O2S. The number of anilines is 1. The topological polar surface area (TPSA) is 106 Å². The van der Waals surface area contributed by atoms with Gasteiger partial charge >= 0.3 is 0 Å². The minimum absolute atomic E-state index is 0.147. The van der Waals surface area contributed by atoms with Crippen LogP contribution in [0.5, 0.6) is 0 Å². The number of nitrogens with zero attached hydrogens (tertiary/aromatic N) is 4. The Morgan fingerprint density at radius 1 is 1.25 bits per heavy atom. The second-order valence-electron chi connectivity index (χ2n) is 5.46. The SMILES string of the molecule is Cc1nn(C)c2ncc(NS(=O)(=O)c3c[nH]c4ncccc34)cc12. The molecule has 2 N–H and O–H groups in total. The molecule has 0 amide bonds. The van der Waals surface area contributed by atoms with Crippen LogP contribution in [-0.2, 0) is 17.1 Å². The number of H-pyrrole nitrogens is 1. The van der Waals surface area contributed by atoms with E-state index in [9.17, 15) is 8.42 Å². The van der Waals surface area contributed by atoms with Gasteiger partial charge in [-0.25, -0.2) is 18.4 Å². The van der Waals surface area contributed by atoms with Crippen molar-refractivity contribution in [3.05, 3.63) is 42.5 Å². The smallest absolute Gasteiger partial charge is 0.264 e. The first kappa shape index (κ1) is 14.6. The van der Waals surface area contributed by atoms with Crippen LogP contribution in [-0.4, -0.2) is 33.2 Å². The Labute approximate surface area is 137 Å². The van der Waals surface area contributed by atoms with Gasteiger partial charge in [-0.3, -0.25) is 9.40 Å². The normalized spacial score (nSPS) is 12.1. The average molecular weight is 342 g/mol. The maximum atomic E-state index is 12.7. The van der Waals surface area contributed by atoms with Crippen LogP contribution in [0.15, 0.2) is 41.7 Å². The molecule has 0 aliphatic rings. The molecule has 122 valence electrons. The van der Waals surface area contributed by atoms with Crippen LogP contribution in [0.3, 0.4) is 0 Å². The molecule has 9 heteroatoms. The van der Waals surface area contributed by atoms with Gasteiger partial charge in [0.05, 0.1) is 17.6 Å². The maximum absolute atomic E-state index is 12.7. The minimum atomic E-state index is -3.76. The summed E-state index contributed by atoms with van der Waals surface area (Å²) in [6.45, 7) is 1.85. The number of fused-ring (bicyclic) bond motifs is 2. The lowest BCUT2D eigenvalue weighted by molar-refractivity contribution is 0.602. The minimum Gasteiger partial charge on any atom is -0.345 e. The van der Waals surface area contributed by atoms with E-state index in [-0.39, 0.29) is 4.90 Å². The summed E-state index contributed by atoms with van der Waals surface area (Å²) < 4.78 is 29.6. The molecule has 24 heavy (non-hydrogen) atoms. The lowest BCUT2D eigenvalue weighted by atomic mass is 10.3. The molecule has 4 aromatic heterocycles. The molecule has 0 bridgehead atoms. The van der Waals surface area contributed by atoms with Gasteiger partial charge in [-0.15, -0.1) is 0 Å². The summed E-state index contributed by atoms with van der Waals surface area (Å²) in [7, 11) is -1.96. The molecule has 0 radical (unpaired) electrons. The Morgan fingerprint density at radius 3 is 2.92 bits per heavy atom. The molecule has 4 rings (SSSR count). The fourth-order valence-electron chi connectivity index (χ4n) is 2.73. The number of hydrogen-bond acceptors (Lipinski definition) is 5. The Balaban J connectivity index is 1.77. The van der Waals surface area contributed by atoms with Crippen molar-refractivity contribution in [1.29, 1.82) is 0 Å². The molecular weight excluding hydrogens is 328 g/mol. The second-order valence-corrected chi connectivity index (χ2v) is 7.11. The number of aryl methyl sites for hydroxylation is 2. The van der Waals surface area contributed by atoms with Gasteiger partial charge in [-0.2, -0.15) is 5.10 Å². The van der Waals surface area contributed by atoms with Crippen LogP contribution < -0.4 is 4.72 Å². The highest BCUT2D eigenvalue weighted by Gasteiger charge is 2.20. The van der Waals surface area contributed by atoms with E-state index in [2.05, 4.69) is 24.8 Å². The molecule has 8 nitrogen and oxygen atoms in total. The zero-order chi connectivity index (χ0) is 16.9. The summed E-state index contributed by atoms with van der Waals surface area (Å²) in [6.07, 6.45) is 4.51. The Morgan fingerprint density at radius 2 is 2.08 bits per heavy atom. The number of sulfonamides is 1. The van der Waals surface area contributed by atoms with Crippen LogP contribution in [0.1, 0.15) is 5.69 Å². The molecule has 0 atom stereocenters. The third-order valence-corrected chi connectivity index (χ3v) is 5.24. The fraction of sp³-hybridized carbons (Fsp3) is 0.133. The molecule has 0 fully saturated rings. The van der Waals surface area contributed by atoms with Gasteiger partial charge < -0.3 is 4.98 Å². The van der Waals surface area contributed by atoms with Crippen LogP contribution in [0, 0.1) is 6.92 Å². The van der Waals surface area contributed by atoms with Crippen LogP contribution in [0.2, 0.25) is 0 Å². The third-order valence-electron chi connectivity index (χ3n) is 3.82. The molecule has 0 spiro atoms. The molecule has 4 heterocycles. The number of aromatic nitrogens is 5. The van der Waals surface area contributed by atoms with Crippen molar-refractivity contribution in [2.45, 2.75) is 11.8 Å². The first-order valence-electron chi connectivity index (χ1n) is 7.20. The van der Waals surface area contributed by atoms with Gasteiger partial charge in [-0.1, -0.05) is 0 Å². The first-order valence-corrected chi connectivity index (χ1v) is 8.68. The third kappa shape index (κ3) is 2.21. The molecule has 0 saturated carbocycles. The standard InChI is InChI=1S/C15H14N6O2S/c1-9-12-6-10(7-18-15(12)21(2)19-9)20-24(22,23)13-8-17-14-11(13)4-3-5-16-14/h3-8,20H,1-2H3,(H,16,17). The highest BCUT2D eigenvalue weighted by Crippen LogP contribution is 2.25. The monoisotopic (exact) mass is 342 g/mol.